The molecule has 2 amide bonds. The average molecular weight is 371 g/mol. The van der Waals surface area contributed by atoms with Crippen LogP contribution in [0.4, 0.5) is 16.2 Å². The van der Waals surface area contributed by atoms with Gasteiger partial charge in [0.05, 0.1) is 11.4 Å². The van der Waals surface area contributed by atoms with Crippen molar-refractivity contribution in [2.75, 3.05) is 49.5 Å². The van der Waals surface area contributed by atoms with E-state index in [9.17, 15) is 4.79 Å². The number of nitrogens with zero attached hydrogens (tertiary/aromatic N) is 3. The van der Waals surface area contributed by atoms with Gasteiger partial charge in [-0.25, -0.2) is 4.79 Å². The number of carbonyl (C=O) groups is 1. The molecular weight excluding hydrogens is 348 g/mol. The number of piperazine rings is 1. The molecule has 2 aromatic rings. The molecule has 5 nitrogen and oxygen atoms in total. The van der Waals surface area contributed by atoms with E-state index in [2.05, 4.69) is 34.5 Å². The SMILES string of the molecule is O=C(N1CCN(Cc2ccccc2)CC1)N1CCNc2cc(Cl)ccc21. The van der Waals surface area contributed by atoms with Crippen LogP contribution < -0.4 is 10.2 Å². The molecule has 2 aliphatic heterocycles. The second-order valence-corrected chi connectivity index (χ2v) is 7.21. The first kappa shape index (κ1) is 17.2. The fourth-order valence-electron chi connectivity index (χ4n) is 3.62. The number of hydrogen-bond acceptors (Lipinski definition) is 3. The van der Waals surface area contributed by atoms with Crippen molar-refractivity contribution in [3.63, 3.8) is 0 Å². The monoisotopic (exact) mass is 370 g/mol. The maximum atomic E-state index is 13.0. The Morgan fingerprint density at radius 1 is 1.00 bits per heavy atom. The first-order valence-corrected chi connectivity index (χ1v) is 9.45. The standard InChI is InChI=1S/C20H23ClN4O/c21-17-6-7-19-18(14-17)22-8-9-25(19)20(26)24-12-10-23(11-13-24)15-16-4-2-1-3-5-16/h1-7,14,22H,8-13,15H2. The molecule has 0 spiro atoms. The minimum absolute atomic E-state index is 0.0921. The predicted octanol–water partition coefficient (Wildman–Crippen LogP) is 3.51. The van der Waals surface area contributed by atoms with E-state index in [1.54, 1.807) is 0 Å². The van der Waals surface area contributed by atoms with Gasteiger partial charge < -0.3 is 10.2 Å². The first-order valence-electron chi connectivity index (χ1n) is 9.07. The van der Waals surface area contributed by atoms with Crippen molar-refractivity contribution in [3.05, 3.63) is 59.1 Å². The molecule has 0 aromatic heterocycles. The summed E-state index contributed by atoms with van der Waals surface area (Å²) >= 11 is 6.08. The molecule has 0 saturated carbocycles. The van der Waals surface area contributed by atoms with E-state index in [4.69, 9.17) is 11.6 Å². The Balaban J connectivity index is 1.39. The third kappa shape index (κ3) is 3.64. The Morgan fingerprint density at radius 2 is 1.77 bits per heavy atom. The highest BCUT2D eigenvalue weighted by atomic mass is 35.5. The summed E-state index contributed by atoms with van der Waals surface area (Å²) in [6.45, 7) is 5.69. The van der Waals surface area contributed by atoms with E-state index in [-0.39, 0.29) is 6.03 Å². The van der Waals surface area contributed by atoms with E-state index in [0.717, 1.165) is 50.6 Å². The van der Waals surface area contributed by atoms with Crippen LogP contribution in [0.15, 0.2) is 48.5 Å². The second kappa shape index (κ2) is 7.56. The number of benzene rings is 2. The lowest BCUT2D eigenvalue weighted by Gasteiger charge is -2.39. The molecule has 4 rings (SSSR count). The molecule has 26 heavy (non-hydrogen) atoms. The van der Waals surface area contributed by atoms with Crippen molar-refractivity contribution in [1.29, 1.82) is 0 Å². The lowest BCUT2D eigenvalue weighted by atomic mass is 10.2. The summed E-state index contributed by atoms with van der Waals surface area (Å²) in [4.78, 5) is 19.3. The molecule has 1 saturated heterocycles. The number of rotatable bonds is 2. The molecule has 2 aromatic carbocycles. The van der Waals surface area contributed by atoms with Crippen LogP contribution in [-0.4, -0.2) is 55.1 Å². The van der Waals surface area contributed by atoms with Crippen molar-refractivity contribution in [2.45, 2.75) is 6.54 Å². The average Bonchev–Trinajstić information content (AvgIpc) is 2.68. The molecule has 0 unspecified atom stereocenters. The highest BCUT2D eigenvalue weighted by Crippen LogP contribution is 2.32. The fourth-order valence-corrected chi connectivity index (χ4v) is 3.79. The highest BCUT2D eigenvalue weighted by Gasteiger charge is 2.29. The number of nitrogens with one attached hydrogen (secondary N) is 1. The molecule has 0 atom stereocenters. The number of halogens is 1. The summed E-state index contributed by atoms with van der Waals surface area (Å²) in [5.41, 5.74) is 3.16. The van der Waals surface area contributed by atoms with Crippen LogP contribution in [0.2, 0.25) is 5.02 Å². The van der Waals surface area contributed by atoms with Gasteiger partial charge in [-0.1, -0.05) is 41.9 Å². The van der Waals surface area contributed by atoms with Crippen molar-refractivity contribution in [3.8, 4) is 0 Å². The zero-order valence-corrected chi connectivity index (χ0v) is 15.5. The number of urea groups is 1. The summed E-state index contributed by atoms with van der Waals surface area (Å²) in [6, 6.07) is 16.2. The second-order valence-electron chi connectivity index (χ2n) is 6.77. The fraction of sp³-hybridized carbons (Fsp3) is 0.350. The van der Waals surface area contributed by atoms with Gasteiger partial charge >= 0.3 is 6.03 Å². The van der Waals surface area contributed by atoms with Crippen molar-refractivity contribution >= 4 is 29.0 Å². The van der Waals surface area contributed by atoms with E-state index >= 15 is 0 Å². The minimum atomic E-state index is 0.0921. The van der Waals surface area contributed by atoms with Crippen LogP contribution in [0.3, 0.4) is 0 Å². The van der Waals surface area contributed by atoms with E-state index in [1.807, 2.05) is 34.1 Å². The van der Waals surface area contributed by atoms with Crippen LogP contribution in [0, 0.1) is 0 Å². The summed E-state index contributed by atoms with van der Waals surface area (Å²) in [6.07, 6.45) is 0. The smallest absolute Gasteiger partial charge is 0.324 e. The Morgan fingerprint density at radius 3 is 2.54 bits per heavy atom. The van der Waals surface area contributed by atoms with Crippen molar-refractivity contribution in [1.82, 2.24) is 9.80 Å². The molecule has 136 valence electrons. The Labute approximate surface area is 159 Å². The van der Waals surface area contributed by atoms with E-state index in [0.29, 0.717) is 11.6 Å². The molecule has 2 heterocycles. The number of anilines is 2. The van der Waals surface area contributed by atoms with Gasteiger partial charge in [-0.2, -0.15) is 0 Å². The quantitative estimate of drug-likeness (QED) is 0.879. The van der Waals surface area contributed by atoms with Gasteiger partial charge in [-0.15, -0.1) is 0 Å². The Kier molecular flexibility index (Phi) is 5.00. The van der Waals surface area contributed by atoms with Gasteiger partial charge in [0.2, 0.25) is 0 Å². The molecule has 0 bridgehead atoms. The number of fused-ring (bicyclic) bond motifs is 1. The van der Waals surface area contributed by atoms with Crippen LogP contribution in [0.5, 0.6) is 0 Å². The maximum Gasteiger partial charge on any atom is 0.324 e. The van der Waals surface area contributed by atoms with Gasteiger partial charge in [0, 0.05) is 50.8 Å². The topological polar surface area (TPSA) is 38.8 Å². The molecule has 0 radical (unpaired) electrons. The Bertz CT molecular complexity index is 775. The summed E-state index contributed by atoms with van der Waals surface area (Å²) in [7, 11) is 0. The zero-order chi connectivity index (χ0) is 17.9. The minimum Gasteiger partial charge on any atom is -0.382 e. The van der Waals surface area contributed by atoms with Gasteiger partial charge in [0.25, 0.3) is 0 Å². The van der Waals surface area contributed by atoms with E-state index < -0.39 is 0 Å². The normalized spacial score (nSPS) is 17.6. The van der Waals surface area contributed by atoms with Crippen molar-refractivity contribution in [2.24, 2.45) is 0 Å². The van der Waals surface area contributed by atoms with Gasteiger partial charge in [0.15, 0.2) is 0 Å². The largest absolute Gasteiger partial charge is 0.382 e. The molecule has 0 aliphatic carbocycles. The lowest BCUT2D eigenvalue weighted by molar-refractivity contribution is 0.139. The number of amides is 2. The maximum absolute atomic E-state index is 13.0. The number of hydrogen-bond donors (Lipinski definition) is 1. The van der Waals surface area contributed by atoms with Gasteiger partial charge in [0.1, 0.15) is 0 Å². The summed E-state index contributed by atoms with van der Waals surface area (Å²) in [5.74, 6) is 0. The zero-order valence-electron chi connectivity index (χ0n) is 14.7. The first-order chi connectivity index (χ1) is 12.7. The number of carbonyl (C=O) groups excluding carboxylic acids is 1. The molecule has 1 fully saturated rings. The highest BCUT2D eigenvalue weighted by molar-refractivity contribution is 6.31. The summed E-state index contributed by atoms with van der Waals surface area (Å²) in [5, 5.41) is 4.00. The van der Waals surface area contributed by atoms with E-state index in [1.165, 1.54) is 5.56 Å². The molecule has 6 heteroatoms. The van der Waals surface area contributed by atoms with Crippen LogP contribution in [0.1, 0.15) is 5.56 Å². The molecular formula is C20H23ClN4O. The Hall–Kier alpha value is -2.24. The summed E-state index contributed by atoms with van der Waals surface area (Å²) < 4.78 is 0. The predicted molar refractivity (Wildman–Crippen MR) is 106 cm³/mol. The third-order valence-corrected chi connectivity index (χ3v) is 5.26. The van der Waals surface area contributed by atoms with Crippen LogP contribution >= 0.6 is 11.6 Å². The van der Waals surface area contributed by atoms with Gasteiger partial charge in [-0.3, -0.25) is 9.80 Å². The van der Waals surface area contributed by atoms with Crippen LogP contribution in [0.25, 0.3) is 0 Å². The lowest BCUT2D eigenvalue weighted by Crippen LogP contribution is -2.54. The molecule has 2 aliphatic rings. The van der Waals surface area contributed by atoms with Crippen molar-refractivity contribution < 1.29 is 4.79 Å². The van der Waals surface area contributed by atoms with Gasteiger partial charge in [-0.05, 0) is 23.8 Å². The third-order valence-electron chi connectivity index (χ3n) is 5.02. The molecule has 1 N–H and O–H groups in total. The van der Waals surface area contributed by atoms with Crippen LogP contribution in [-0.2, 0) is 6.54 Å².